The first-order valence-corrected chi connectivity index (χ1v) is 8.17. The number of aryl methyl sites for hydroxylation is 1. The molecule has 6 heteroatoms. The third-order valence-corrected chi connectivity index (χ3v) is 4.32. The van der Waals surface area contributed by atoms with Gasteiger partial charge in [-0.05, 0) is 26.1 Å². The van der Waals surface area contributed by atoms with E-state index in [1.807, 2.05) is 37.3 Å². The molecule has 3 rings (SSSR count). The summed E-state index contributed by atoms with van der Waals surface area (Å²) < 4.78 is 0. The molecule has 2 aromatic rings. The molecule has 0 radical (unpaired) electrons. The molecular formula is C18H23N5O. The predicted molar refractivity (Wildman–Crippen MR) is 95.7 cm³/mol. The van der Waals surface area contributed by atoms with Crippen molar-refractivity contribution in [2.75, 3.05) is 50.1 Å². The number of likely N-dealkylation sites (N-methyl/N-ethyl adjacent to an activating group) is 1. The molecule has 1 aliphatic rings. The number of rotatable bonds is 3. The minimum atomic E-state index is -0.123. The molecule has 0 atom stereocenters. The van der Waals surface area contributed by atoms with Crippen LogP contribution < -0.4 is 9.80 Å². The van der Waals surface area contributed by atoms with Crippen LogP contribution in [0.1, 0.15) is 16.3 Å². The third-order valence-electron chi connectivity index (χ3n) is 4.32. The highest BCUT2D eigenvalue weighted by Gasteiger charge is 2.20. The SMILES string of the molecule is Cc1nc(C(=O)N(C)c2ccccc2)cc(N2CCN(C)CC2)n1. The summed E-state index contributed by atoms with van der Waals surface area (Å²) in [5, 5.41) is 0. The maximum Gasteiger partial charge on any atom is 0.276 e. The van der Waals surface area contributed by atoms with Gasteiger partial charge in [0.15, 0.2) is 0 Å². The summed E-state index contributed by atoms with van der Waals surface area (Å²) in [5.41, 5.74) is 1.28. The number of hydrogen-bond acceptors (Lipinski definition) is 5. The average molecular weight is 325 g/mol. The number of para-hydroxylation sites is 1. The molecular weight excluding hydrogens is 302 g/mol. The first kappa shape index (κ1) is 16.4. The summed E-state index contributed by atoms with van der Waals surface area (Å²) in [6.45, 7) is 5.65. The van der Waals surface area contributed by atoms with Crippen LogP contribution in [0.25, 0.3) is 0 Å². The van der Waals surface area contributed by atoms with Crippen molar-refractivity contribution < 1.29 is 4.79 Å². The zero-order chi connectivity index (χ0) is 17.1. The highest BCUT2D eigenvalue weighted by molar-refractivity contribution is 6.04. The molecule has 0 aliphatic carbocycles. The molecule has 2 heterocycles. The van der Waals surface area contributed by atoms with Gasteiger partial charge in [-0.25, -0.2) is 9.97 Å². The van der Waals surface area contributed by atoms with Crippen molar-refractivity contribution in [3.05, 3.63) is 47.9 Å². The lowest BCUT2D eigenvalue weighted by molar-refractivity contribution is 0.0988. The second-order valence-electron chi connectivity index (χ2n) is 6.15. The monoisotopic (exact) mass is 325 g/mol. The van der Waals surface area contributed by atoms with E-state index >= 15 is 0 Å². The number of amides is 1. The Hall–Kier alpha value is -2.47. The first-order chi connectivity index (χ1) is 11.5. The zero-order valence-corrected chi connectivity index (χ0v) is 14.4. The van der Waals surface area contributed by atoms with Crippen LogP contribution in [0.2, 0.25) is 0 Å². The van der Waals surface area contributed by atoms with E-state index in [4.69, 9.17) is 0 Å². The molecule has 126 valence electrons. The Morgan fingerprint density at radius 2 is 1.75 bits per heavy atom. The Kier molecular flexibility index (Phi) is 4.76. The van der Waals surface area contributed by atoms with E-state index in [0.29, 0.717) is 11.5 Å². The highest BCUT2D eigenvalue weighted by atomic mass is 16.2. The maximum absolute atomic E-state index is 12.8. The van der Waals surface area contributed by atoms with E-state index in [9.17, 15) is 4.79 Å². The predicted octanol–water partition coefficient (Wildman–Crippen LogP) is 1.81. The Bertz CT molecular complexity index is 711. The molecule has 0 spiro atoms. The van der Waals surface area contributed by atoms with E-state index in [-0.39, 0.29) is 5.91 Å². The Morgan fingerprint density at radius 3 is 2.42 bits per heavy atom. The molecule has 1 aromatic carbocycles. The second kappa shape index (κ2) is 6.97. The molecule has 0 unspecified atom stereocenters. The van der Waals surface area contributed by atoms with E-state index < -0.39 is 0 Å². The third kappa shape index (κ3) is 3.54. The van der Waals surface area contributed by atoms with Gasteiger partial charge < -0.3 is 14.7 Å². The number of anilines is 2. The minimum Gasteiger partial charge on any atom is -0.354 e. The summed E-state index contributed by atoms with van der Waals surface area (Å²) in [6.07, 6.45) is 0. The summed E-state index contributed by atoms with van der Waals surface area (Å²) in [4.78, 5) is 27.8. The molecule has 1 amide bonds. The summed E-state index contributed by atoms with van der Waals surface area (Å²) in [6, 6.07) is 11.4. The molecule has 0 N–H and O–H groups in total. The average Bonchev–Trinajstić information content (AvgIpc) is 2.61. The van der Waals surface area contributed by atoms with Gasteiger partial charge in [-0.3, -0.25) is 4.79 Å². The van der Waals surface area contributed by atoms with Gasteiger partial charge in [0.2, 0.25) is 0 Å². The fourth-order valence-corrected chi connectivity index (χ4v) is 2.80. The van der Waals surface area contributed by atoms with E-state index in [1.165, 1.54) is 0 Å². The van der Waals surface area contributed by atoms with Crippen molar-refractivity contribution in [1.29, 1.82) is 0 Å². The van der Waals surface area contributed by atoms with E-state index in [0.717, 1.165) is 37.7 Å². The van der Waals surface area contributed by atoms with Crippen LogP contribution in [-0.2, 0) is 0 Å². The molecule has 1 aromatic heterocycles. The van der Waals surface area contributed by atoms with Gasteiger partial charge >= 0.3 is 0 Å². The quantitative estimate of drug-likeness (QED) is 0.861. The summed E-state index contributed by atoms with van der Waals surface area (Å²) >= 11 is 0. The van der Waals surface area contributed by atoms with Gasteiger partial charge in [-0.15, -0.1) is 0 Å². The summed E-state index contributed by atoms with van der Waals surface area (Å²) in [7, 11) is 3.89. The van der Waals surface area contributed by atoms with Crippen molar-refractivity contribution in [2.24, 2.45) is 0 Å². The maximum atomic E-state index is 12.8. The number of benzene rings is 1. The number of piperazine rings is 1. The van der Waals surface area contributed by atoms with Crippen molar-refractivity contribution in [2.45, 2.75) is 6.92 Å². The van der Waals surface area contributed by atoms with E-state index in [1.54, 1.807) is 18.0 Å². The first-order valence-electron chi connectivity index (χ1n) is 8.17. The molecule has 0 bridgehead atoms. The molecule has 6 nitrogen and oxygen atoms in total. The van der Waals surface area contributed by atoms with Crippen LogP contribution in [0.3, 0.4) is 0 Å². The number of aromatic nitrogens is 2. The summed E-state index contributed by atoms with van der Waals surface area (Å²) in [5.74, 6) is 1.33. The molecule has 24 heavy (non-hydrogen) atoms. The number of carbonyl (C=O) groups excluding carboxylic acids is 1. The number of hydrogen-bond donors (Lipinski definition) is 0. The Morgan fingerprint density at radius 1 is 1.08 bits per heavy atom. The second-order valence-corrected chi connectivity index (χ2v) is 6.15. The molecule has 1 fully saturated rings. The largest absolute Gasteiger partial charge is 0.354 e. The van der Waals surface area contributed by atoms with Crippen molar-refractivity contribution in [3.8, 4) is 0 Å². The van der Waals surface area contributed by atoms with Gasteiger partial charge in [0.1, 0.15) is 17.3 Å². The highest BCUT2D eigenvalue weighted by Crippen LogP contribution is 2.18. The smallest absolute Gasteiger partial charge is 0.276 e. The van der Waals surface area contributed by atoms with Crippen molar-refractivity contribution in [1.82, 2.24) is 14.9 Å². The van der Waals surface area contributed by atoms with Crippen LogP contribution >= 0.6 is 0 Å². The van der Waals surface area contributed by atoms with E-state index in [2.05, 4.69) is 26.8 Å². The van der Waals surface area contributed by atoms with Crippen LogP contribution in [0, 0.1) is 6.92 Å². The Labute approximate surface area is 142 Å². The zero-order valence-electron chi connectivity index (χ0n) is 14.4. The number of nitrogens with zero attached hydrogens (tertiary/aromatic N) is 5. The van der Waals surface area contributed by atoms with Gasteiger partial charge in [0.25, 0.3) is 5.91 Å². The van der Waals surface area contributed by atoms with Crippen LogP contribution in [-0.4, -0.2) is 61.0 Å². The van der Waals surface area contributed by atoms with Crippen molar-refractivity contribution in [3.63, 3.8) is 0 Å². The van der Waals surface area contributed by atoms with Gasteiger partial charge in [-0.2, -0.15) is 0 Å². The molecule has 1 saturated heterocycles. The fourth-order valence-electron chi connectivity index (χ4n) is 2.80. The topological polar surface area (TPSA) is 52.6 Å². The molecule has 0 saturated carbocycles. The lowest BCUT2D eigenvalue weighted by Gasteiger charge is -2.33. The van der Waals surface area contributed by atoms with Gasteiger partial charge in [-0.1, -0.05) is 18.2 Å². The standard InChI is InChI=1S/C18H23N5O/c1-14-19-16(18(24)22(3)15-7-5-4-6-8-15)13-17(20-14)23-11-9-21(2)10-12-23/h4-8,13H,9-12H2,1-3H3. The normalized spacial score (nSPS) is 15.4. The lowest BCUT2D eigenvalue weighted by atomic mass is 10.2. The Balaban J connectivity index is 1.84. The minimum absolute atomic E-state index is 0.123. The fraction of sp³-hybridized carbons (Fsp3) is 0.389. The van der Waals surface area contributed by atoms with Crippen LogP contribution in [0.5, 0.6) is 0 Å². The van der Waals surface area contributed by atoms with Gasteiger partial charge in [0, 0.05) is 45.0 Å². The van der Waals surface area contributed by atoms with Crippen LogP contribution in [0.4, 0.5) is 11.5 Å². The number of carbonyl (C=O) groups is 1. The molecule has 1 aliphatic heterocycles. The van der Waals surface area contributed by atoms with Crippen molar-refractivity contribution >= 4 is 17.4 Å². The lowest BCUT2D eigenvalue weighted by Crippen LogP contribution is -2.45. The van der Waals surface area contributed by atoms with Crippen LogP contribution in [0.15, 0.2) is 36.4 Å². The van der Waals surface area contributed by atoms with Gasteiger partial charge in [0.05, 0.1) is 0 Å².